The quantitative estimate of drug-likeness (QED) is 0.0558. The molecule has 2 rings (SSSR count). The number of hydrogen-bond donors (Lipinski definition) is 0. The van der Waals surface area contributed by atoms with Crippen molar-refractivity contribution in [2.45, 2.75) is 212 Å². The van der Waals surface area contributed by atoms with Gasteiger partial charge in [0.05, 0.1) is 0 Å². The third-order valence-electron chi connectivity index (χ3n) is 10.1. The zero-order valence-corrected chi connectivity index (χ0v) is 30.5. The Balaban J connectivity index is 1.45. The zero-order valence-electron chi connectivity index (χ0n) is 30.5. The molecule has 0 N–H and O–H groups in total. The molecular weight excluding hydrogens is 540 g/mol. The summed E-state index contributed by atoms with van der Waals surface area (Å²) in [4.78, 5) is 0. The van der Waals surface area contributed by atoms with Gasteiger partial charge in [0.25, 0.3) is 0 Å². The molecule has 1 aromatic carbocycles. The van der Waals surface area contributed by atoms with Crippen LogP contribution in [0.3, 0.4) is 0 Å². The van der Waals surface area contributed by atoms with Gasteiger partial charge in [-0.1, -0.05) is 190 Å². The van der Waals surface area contributed by atoms with E-state index in [9.17, 15) is 0 Å². The average Bonchev–Trinajstić information content (AvgIpc) is 3.41. The highest BCUT2D eigenvalue weighted by atomic mass is 14.3. The van der Waals surface area contributed by atoms with Crippen LogP contribution >= 0.6 is 0 Å². The van der Waals surface area contributed by atoms with Gasteiger partial charge in [0, 0.05) is 5.92 Å². The minimum Gasteiger partial charge on any atom is -0.0885 e. The highest BCUT2D eigenvalue weighted by Gasteiger charge is 2.22. The molecule has 0 saturated carbocycles. The molecule has 0 radical (unpaired) electrons. The summed E-state index contributed by atoms with van der Waals surface area (Å²) in [7, 11) is 0. The predicted octanol–water partition coefficient (Wildman–Crippen LogP) is 16.0. The molecule has 1 unspecified atom stereocenters. The molecule has 0 heterocycles. The van der Waals surface area contributed by atoms with E-state index in [1.165, 1.54) is 193 Å². The van der Waals surface area contributed by atoms with Crippen molar-refractivity contribution in [2.24, 2.45) is 0 Å². The first-order valence-electron chi connectivity index (χ1n) is 20.5. The number of allylic oxidation sites excluding steroid dienone is 6. The molecule has 1 aliphatic rings. The van der Waals surface area contributed by atoms with Gasteiger partial charge in [0.15, 0.2) is 0 Å². The second-order valence-electron chi connectivity index (χ2n) is 14.3. The molecule has 0 aromatic heterocycles. The van der Waals surface area contributed by atoms with Gasteiger partial charge in [0.1, 0.15) is 0 Å². The Kier molecular flexibility index (Phi) is 26.3. The van der Waals surface area contributed by atoms with Gasteiger partial charge in [-0.2, -0.15) is 0 Å². The lowest BCUT2D eigenvalue weighted by Crippen LogP contribution is -1.93. The molecular formula is C45H76. The first-order chi connectivity index (χ1) is 22.4. The largest absolute Gasteiger partial charge is 0.0885 e. The van der Waals surface area contributed by atoms with Crippen LogP contribution in [0.4, 0.5) is 0 Å². The van der Waals surface area contributed by atoms with Crippen molar-refractivity contribution in [1.82, 2.24) is 0 Å². The van der Waals surface area contributed by atoms with E-state index in [0.29, 0.717) is 5.92 Å². The van der Waals surface area contributed by atoms with Crippen molar-refractivity contribution in [3.05, 3.63) is 65.8 Å². The molecule has 45 heavy (non-hydrogen) atoms. The molecule has 0 amide bonds. The Hall–Kier alpha value is -1.56. The summed E-state index contributed by atoms with van der Waals surface area (Å²) < 4.78 is 0. The minimum absolute atomic E-state index is 0.669. The van der Waals surface area contributed by atoms with E-state index in [-0.39, 0.29) is 0 Å². The number of rotatable bonds is 32. The smallest absolute Gasteiger partial charge is 0.00300 e. The zero-order chi connectivity index (χ0) is 31.9. The SMILES string of the molecule is CCCCCCCC/C=C\CCCCCCCCC1=CC(CCCCCCCC/C=C\CCCCCCCC)c2ccccc21. The van der Waals surface area contributed by atoms with Crippen molar-refractivity contribution < 1.29 is 0 Å². The van der Waals surface area contributed by atoms with Gasteiger partial charge >= 0.3 is 0 Å². The Morgan fingerprint density at radius 2 is 0.844 bits per heavy atom. The first kappa shape index (κ1) is 39.6. The third-order valence-corrected chi connectivity index (χ3v) is 10.1. The van der Waals surface area contributed by atoms with E-state index in [1.54, 1.807) is 16.7 Å². The average molecular weight is 617 g/mol. The van der Waals surface area contributed by atoms with Crippen LogP contribution in [0.5, 0.6) is 0 Å². The fraction of sp³-hybridized carbons (Fsp3) is 0.733. The molecule has 1 atom stereocenters. The maximum Gasteiger partial charge on any atom is 0.00300 e. The van der Waals surface area contributed by atoms with Crippen LogP contribution in [0.15, 0.2) is 54.6 Å². The van der Waals surface area contributed by atoms with Gasteiger partial charge in [-0.3, -0.25) is 0 Å². The lowest BCUT2D eigenvalue weighted by Gasteiger charge is -2.10. The van der Waals surface area contributed by atoms with Gasteiger partial charge in [0.2, 0.25) is 0 Å². The van der Waals surface area contributed by atoms with Gasteiger partial charge in [-0.15, -0.1) is 0 Å². The molecule has 0 bridgehead atoms. The van der Waals surface area contributed by atoms with Crippen LogP contribution in [0, 0.1) is 0 Å². The molecule has 1 aliphatic carbocycles. The van der Waals surface area contributed by atoms with E-state index in [1.807, 2.05) is 0 Å². The highest BCUT2D eigenvalue weighted by molar-refractivity contribution is 5.74. The van der Waals surface area contributed by atoms with Crippen molar-refractivity contribution in [1.29, 1.82) is 0 Å². The Labute approximate surface area is 283 Å². The van der Waals surface area contributed by atoms with Crippen LogP contribution in [0.2, 0.25) is 0 Å². The maximum absolute atomic E-state index is 2.65. The Morgan fingerprint density at radius 1 is 0.444 bits per heavy atom. The monoisotopic (exact) mass is 617 g/mol. The van der Waals surface area contributed by atoms with Crippen molar-refractivity contribution in [3.8, 4) is 0 Å². The van der Waals surface area contributed by atoms with Gasteiger partial charge < -0.3 is 0 Å². The minimum atomic E-state index is 0.669. The molecule has 1 aromatic rings. The number of fused-ring (bicyclic) bond motifs is 1. The van der Waals surface area contributed by atoms with E-state index >= 15 is 0 Å². The number of benzene rings is 1. The van der Waals surface area contributed by atoms with Crippen LogP contribution in [-0.2, 0) is 0 Å². The van der Waals surface area contributed by atoms with Gasteiger partial charge in [-0.05, 0) is 87.3 Å². The summed E-state index contributed by atoms with van der Waals surface area (Å²) in [6.07, 6.45) is 53.9. The fourth-order valence-electron chi connectivity index (χ4n) is 7.17. The van der Waals surface area contributed by atoms with Crippen LogP contribution in [0.1, 0.15) is 224 Å². The van der Waals surface area contributed by atoms with E-state index in [4.69, 9.17) is 0 Å². The molecule has 0 nitrogen and oxygen atoms in total. The summed E-state index contributed by atoms with van der Waals surface area (Å²) in [5.74, 6) is 0.669. The second-order valence-corrected chi connectivity index (χ2v) is 14.3. The Morgan fingerprint density at radius 3 is 1.33 bits per heavy atom. The maximum atomic E-state index is 2.65. The molecule has 0 heteroatoms. The fourth-order valence-corrected chi connectivity index (χ4v) is 7.17. The van der Waals surface area contributed by atoms with E-state index in [2.05, 4.69) is 68.5 Å². The molecule has 0 saturated heterocycles. The Bertz CT molecular complexity index is 870. The summed E-state index contributed by atoms with van der Waals surface area (Å²) in [5.41, 5.74) is 4.83. The number of hydrogen-bond acceptors (Lipinski definition) is 0. The highest BCUT2D eigenvalue weighted by Crippen LogP contribution is 2.41. The summed E-state index contributed by atoms with van der Waals surface area (Å²) >= 11 is 0. The van der Waals surface area contributed by atoms with Crippen molar-refractivity contribution in [2.75, 3.05) is 0 Å². The summed E-state index contributed by atoms with van der Waals surface area (Å²) in [6, 6.07) is 9.31. The number of unbranched alkanes of at least 4 members (excludes halogenated alkanes) is 24. The van der Waals surface area contributed by atoms with Gasteiger partial charge in [-0.25, -0.2) is 0 Å². The topological polar surface area (TPSA) is 0 Å². The molecule has 0 fully saturated rings. The molecule has 0 aliphatic heterocycles. The van der Waals surface area contributed by atoms with Crippen LogP contribution in [0.25, 0.3) is 5.57 Å². The molecule has 256 valence electrons. The standard InChI is InChI=1S/C45H76/c1-3-5-7-9-11-13-15-17-19-21-23-25-27-29-31-33-37-42-41-43(45-40-36-35-39-44(42)45)38-34-32-30-28-26-24-22-20-18-16-14-12-10-8-6-4-2/h17-20,35-36,39-42H,3-16,21-34,37-38H2,1-2H3/b19-17-,20-18-. The molecule has 0 spiro atoms. The van der Waals surface area contributed by atoms with Crippen molar-refractivity contribution in [3.63, 3.8) is 0 Å². The lowest BCUT2D eigenvalue weighted by molar-refractivity contribution is 0.568. The van der Waals surface area contributed by atoms with Crippen LogP contribution in [-0.4, -0.2) is 0 Å². The third kappa shape index (κ3) is 21.0. The van der Waals surface area contributed by atoms with Crippen molar-refractivity contribution >= 4 is 5.57 Å². The lowest BCUT2D eigenvalue weighted by atomic mass is 9.94. The normalized spacial score (nSPS) is 14.6. The van der Waals surface area contributed by atoms with E-state index in [0.717, 1.165) is 0 Å². The first-order valence-corrected chi connectivity index (χ1v) is 20.5. The van der Waals surface area contributed by atoms with Crippen LogP contribution < -0.4 is 0 Å². The summed E-state index contributed by atoms with van der Waals surface area (Å²) in [5, 5.41) is 0. The van der Waals surface area contributed by atoms with E-state index < -0.39 is 0 Å². The second kappa shape index (κ2) is 29.8. The predicted molar refractivity (Wildman–Crippen MR) is 205 cm³/mol. The summed E-state index contributed by atoms with van der Waals surface area (Å²) in [6.45, 7) is 4.60.